The zero-order chi connectivity index (χ0) is 17.3. The van der Waals surface area contributed by atoms with Crippen LogP contribution in [0.2, 0.25) is 0 Å². The van der Waals surface area contributed by atoms with Crippen molar-refractivity contribution >= 4 is 5.91 Å². The molecule has 2 N–H and O–H groups in total. The van der Waals surface area contributed by atoms with Crippen LogP contribution in [0.5, 0.6) is 0 Å². The number of piperidine rings is 1. The van der Waals surface area contributed by atoms with E-state index in [-0.39, 0.29) is 17.8 Å². The number of carbonyl (C=O) groups is 1. The maximum Gasteiger partial charge on any atom is 0.253 e. The third-order valence-corrected chi connectivity index (χ3v) is 4.72. The molecule has 24 heavy (non-hydrogen) atoms. The van der Waals surface area contributed by atoms with E-state index in [1.807, 2.05) is 24.5 Å². The number of aromatic nitrogens is 1. The average Bonchev–Trinajstić information content (AvgIpc) is 2.83. The molecule has 4 nitrogen and oxygen atoms in total. The van der Waals surface area contributed by atoms with Gasteiger partial charge in [0.2, 0.25) is 0 Å². The number of halogens is 1. The van der Waals surface area contributed by atoms with Gasteiger partial charge in [0.15, 0.2) is 0 Å². The van der Waals surface area contributed by atoms with E-state index in [1.165, 1.54) is 12.1 Å². The molecule has 1 fully saturated rings. The van der Waals surface area contributed by atoms with E-state index in [0.717, 1.165) is 36.5 Å². The standard InChI is InChI=1S/C19H24FN3O/c1-12-10-16(8-9-21-12)22-19(24)18-11-13(2)23(14(18)3)17-6-4-15(20)5-7-17/h4-7,11-12,16,21H,8-10H2,1-3H3,(H,22,24). The van der Waals surface area contributed by atoms with Gasteiger partial charge in [-0.25, -0.2) is 4.39 Å². The van der Waals surface area contributed by atoms with Gasteiger partial charge in [0, 0.05) is 29.2 Å². The van der Waals surface area contributed by atoms with Gasteiger partial charge in [0.25, 0.3) is 5.91 Å². The first-order chi connectivity index (χ1) is 11.5. The largest absolute Gasteiger partial charge is 0.349 e. The smallest absolute Gasteiger partial charge is 0.253 e. The lowest BCUT2D eigenvalue weighted by Gasteiger charge is -2.28. The fraction of sp³-hybridized carbons (Fsp3) is 0.421. The van der Waals surface area contributed by atoms with Crippen molar-refractivity contribution in [3.8, 4) is 5.69 Å². The Hall–Kier alpha value is -2.14. The summed E-state index contributed by atoms with van der Waals surface area (Å²) in [6, 6.07) is 8.86. The SMILES string of the molecule is Cc1cc(C(=O)NC2CCNC(C)C2)c(C)n1-c1ccc(F)cc1. The molecule has 3 rings (SSSR count). The summed E-state index contributed by atoms with van der Waals surface area (Å²) in [5.74, 6) is -0.297. The van der Waals surface area contributed by atoms with Crippen molar-refractivity contribution in [2.24, 2.45) is 0 Å². The number of benzene rings is 1. The van der Waals surface area contributed by atoms with Crippen LogP contribution in [0.4, 0.5) is 4.39 Å². The van der Waals surface area contributed by atoms with E-state index in [2.05, 4.69) is 17.6 Å². The predicted octanol–water partition coefficient (Wildman–Crippen LogP) is 3.10. The summed E-state index contributed by atoms with van der Waals surface area (Å²) in [7, 11) is 0. The van der Waals surface area contributed by atoms with Crippen molar-refractivity contribution in [2.75, 3.05) is 6.54 Å². The minimum atomic E-state index is -0.265. The number of carbonyl (C=O) groups excluding carboxylic acids is 1. The lowest BCUT2D eigenvalue weighted by molar-refractivity contribution is 0.0925. The topological polar surface area (TPSA) is 46.1 Å². The van der Waals surface area contributed by atoms with Crippen molar-refractivity contribution in [3.63, 3.8) is 0 Å². The second-order valence-corrected chi connectivity index (χ2v) is 6.65. The zero-order valence-corrected chi connectivity index (χ0v) is 14.4. The Morgan fingerprint density at radius 1 is 1.29 bits per heavy atom. The maximum atomic E-state index is 13.2. The minimum absolute atomic E-state index is 0.0319. The van der Waals surface area contributed by atoms with Crippen LogP contribution in [0.1, 0.15) is 41.5 Å². The highest BCUT2D eigenvalue weighted by molar-refractivity contribution is 5.96. The van der Waals surface area contributed by atoms with Gasteiger partial charge in [-0.15, -0.1) is 0 Å². The second kappa shape index (κ2) is 6.77. The van der Waals surface area contributed by atoms with E-state index in [9.17, 15) is 9.18 Å². The molecular weight excluding hydrogens is 305 g/mol. The van der Waals surface area contributed by atoms with Crippen LogP contribution in [0.3, 0.4) is 0 Å². The molecule has 2 aromatic rings. The first kappa shape index (κ1) is 16.7. The van der Waals surface area contributed by atoms with Gasteiger partial charge < -0.3 is 15.2 Å². The Bertz CT molecular complexity index is 736. The van der Waals surface area contributed by atoms with E-state index in [4.69, 9.17) is 0 Å². The molecule has 1 amide bonds. The molecule has 1 aliphatic rings. The van der Waals surface area contributed by atoms with Crippen LogP contribution >= 0.6 is 0 Å². The van der Waals surface area contributed by atoms with Crippen molar-refractivity contribution in [1.29, 1.82) is 0 Å². The van der Waals surface area contributed by atoms with Crippen LogP contribution < -0.4 is 10.6 Å². The molecule has 5 heteroatoms. The summed E-state index contributed by atoms with van der Waals surface area (Å²) in [5.41, 5.74) is 3.38. The van der Waals surface area contributed by atoms with E-state index in [0.29, 0.717) is 11.6 Å². The number of aryl methyl sites for hydroxylation is 1. The molecule has 0 aliphatic carbocycles. The van der Waals surface area contributed by atoms with Crippen LogP contribution in [0, 0.1) is 19.7 Å². The molecule has 128 valence electrons. The lowest BCUT2D eigenvalue weighted by atomic mass is 10.0. The quantitative estimate of drug-likeness (QED) is 0.909. The summed E-state index contributed by atoms with van der Waals surface area (Å²) in [5, 5.41) is 6.54. The van der Waals surface area contributed by atoms with Gasteiger partial charge in [0.1, 0.15) is 5.82 Å². The molecule has 1 aromatic carbocycles. The van der Waals surface area contributed by atoms with Crippen LogP contribution in [-0.4, -0.2) is 29.1 Å². The molecule has 2 unspecified atom stereocenters. The molecule has 1 aliphatic heterocycles. The lowest BCUT2D eigenvalue weighted by Crippen LogP contribution is -2.46. The molecular formula is C19H24FN3O. The highest BCUT2D eigenvalue weighted by atomic mass is 19.1. The van der Waals surface area contributed by atoms with Gasteiger partial charge in [-0.05, 0) is 70.5 Å². The maximum absolute atomic E-state index is 13.2. The van der Waals surface area contributed by atoms with Crippen molar-refractivity contribution < 1.29 is 9.18 Å². The van der Waals surface area contributed by atoms with Crippen LogP contribution in [0.25, 0.3) is 5.69 Å². The Labute approximate surface area is 142 Å². The highest BCUT2D eigenvalue weighted by Gasteiger charge is 2.23. The summed E-state index contributed by atoms with van der Waals surface area (Å²) in [4.78, 5) is 12.7. The third-order valence-electron chi connectivity index (χ3n) is 4.72. The van der Waals surface area contributed by atoms with Gasteiger partial charge in [-0.2, -0.15) is 0 Å². The van der Waals surface area contributed by atoms with E-state index >= 15 is 0 Å². The molecule has 0 bridgehead atoms. The summed E-state index contributed by atoms with van der Waals surface area (Å²) < 4.78 is 15.1. The molecule has 1 saturated heterocycles. The molecule has 1 aromatic heterocycles. The Morgan fingerprint density at radius 3 is 2.67 bits per heavy atom. The van der Waals surface area contributed by atoms with Gasteiger partial charge >= 0.3 is 0 Å². The Balaban J connectivity index is 1.83. The number of nitrogens with zero attached hydrogens (tertiary/aromatic N) is 1. The molecule has 2 heterocycles. The fourth-order valence-electron chi connectivity index (χ4n) is 3.51. The Morgan fingerprint density at radius 2 is 2.00 bits per heavy atom. The normalized spacial score (nSPS) is 20.8. The van der Waals surface area contributed by atoms with Gasteiger partial charge in [0.05, 0.1) is 5.56 Å². The predicted molar refractivity (Wildman–Crippen MR) is 93.2 cm³/mol. The Kier molecular flexibility index (Phi) is 4.71. The molecule has 2 atom stereocenters. The van der Waals surface area contributed by atoms with Crippen molar-refractivity contribution in [3.05, 3.63) is 53.1 Å². The molecule has 0 radical (unpaired) electrons. The first-order valence-corrected chi connectivity index (χ1v) is 8.45. The number of hydrogen-bond acceptors (Lipinski definition) is 2. The van der Waals surface area contributed by atoms with Gasteiger partial charge in [-0.1, -0.05) is 0 Å². The molecule has 0 saturated carbocycles. The van der Waals surface area contributed by atoms with Gasteiger partial charge in [-0.3, -0.25) is 4.79 Å². The number of nitrogens with one attached hydrogen (secondary N) is 2. The van der Waals surface area contributed by atoms with Crippen molar-refractivity contribution in [1.82, 2.24) is 15.2 Å². The van der Waals surface area contributed by atoms with Crippen LogP contribution in [-0.2, 0) is 0 Å². The van der Waals surface area contributed by atoms with E-state index in [1.54, 1.807) is 12.1 Å². The molecule has 0 spiro atoms. The van der Waals surface area contributed by atoms with E-state index < -0.39 is 0 Å². The second-order valence-electron chi connectivity index (χ2n) is 6.65. The van der Waals surface area contributed by atoms with Crippen molar-refractivity contribution in [2.45, 2.75) is 45.7 Å². The first-order valence-electron chi connectivity index (χ1n) is 8.45. The number of amides is 1. The average molecular weight is 329 g/mol. The summed E-state index contributed by atoms with van der Waals surface area (Å²) >= 11 is 0. The number of rotatable bonds is 3. The van der Waals surface area contributed by atoms with Crippen LogP contribution in [0.15, 0.2) is 30.3 Å². The zero-order valence-electron chi connectivity index (χ0n) is 14.4. The third kappa shape index (κ3) is 3.36. The fourth-order valence-corrected chi connectivity index (χ4v) is 3.51. The monoisotopic (exact) mass is 329 g/mol. The summed E-state index contributed by atoms with van der Waals surface area (Å²) in [6.07, 6.45) is 1.90. The minimum Gasteiger partial charge on any atom is -0.349 e. The number of hydrogen-bond donors (Lipinski definition) is 2. The highest BCUT2D eigenvalue weighted by Crippen LogP contribution is 2.21. The summed E-state index contributed by atoms with van der Waals surface area (Å²) in [6.45, 7) is 6.95.